The molecule has 0 amide bonds. The lowest BCUT2D eigenvalue weighted by Crippen LogP contribution is -2.26. The second kappa shape index (κ2) is 7.01. The van der Waals surface area contributed by atoms with Crippen molar-refractivity contribution in [2.45, 2.75) is 19.8 Å². The summed E-state index contributed by atoms with van der Waals surface area (Å²) < 4.78 is 5.28. The Morgan fingerprint density at radius 2 is 2.32 bits per heavy atom. The first-order valence-electron chi connectivity index (χ1n) is 7.03. The van der Waals surface area contributed by atoms with Gasteiger partial charge in [-0.15, -0.1) is 0 Å². The fourth-order valence-electron chi connectivity index (χ4n) is 2.56. The maximum atomic E-state index is 6.06. The van der Waals surface area contributed by atoms with Gasteiger partial charge in [-0.05, 0) is 44.0 Å². The van der Waals surface area contributed by atoms with Crippen molar-refractivity contribution in [2.75, 3.05) is 38.2 Å². The normalized spacial score (nSPS) is 18.9. The summed E-state index contributed by atoms with van der Waals surface area (Å²) in [5.41, 5.74) is 1.21. The van der Waals surface area contributed by atoms with Crippen LogP contribution in [0.3, 0.4) is 0 Å². The average molecular weight is 283 g/mol. The van der Waals surface area contributed by atoms with Crippen molar-refractivity contribution in [3.8, 4) is 5.75 Å². The van der Waals surface area contributed by atoms with Crippen LogP contribution in [0.1, 0.15) is 19.8 Å². The first kappa shape index (κ1) is 14.5. The van der Waals surface area contributed by atoms with Crippen molar-refractivity contribution >= 4 is 17.3 Å². The molecule has 1 aromatic rings. The van der Waals surface area contributed by atoms with E-state index in [9.17, 15) is 0 Å². The molecule has 1 heterocycles. The molecule has 0 bridgehead atoms. The first-order chi connectivity index (χ1) is 9.24. The number of rotatable bonds is 6. The molecule has 0 radical (unpaired) electrons. The Balaban J connectivity index is 1.93. The fourth-order valence-corrected chi connectivity index (χ4v) is 2.76. The van der Waals surface area contributed by atoms with Crippen LogP contribution in [0.2, 0.25) is 5.02 Å². The molecule has 2 rings (SSSR count). The van der Waals surface area contributed by atoms with Gasteiger partial charge >= 0.3 is 0 Å². The molecule has 3 nitrogen and oxygen atoms in total. The van der Waals surface area contributed by atoms with E-state index in [1.54, 1.807) is 7.11 Å². The lowest BCUT2D eigenvalue weighted by Gasteiger charge is -2.20. The highest BCUT2D eigenvalue weighted by molar-refractivity contribution is 6.32. The van der Waals surface area contributed by atoms with Crippen LogP contribution < -0.4 is 15.0 Å². The van der Waals surface area contributed by atoms with Gasteiger partial charge in [-0.3, -0.25) is 0 Å². The minimum Gasteiger partial charge on any atom is -0.495 e. The Hall–Kier alpha value is -0.930. The lowest BCUT2D eigenvalue weighted by molar-refractivity contribution is 0.415. The molecule has 1 aliphatic heterocycles. The highest BCUT2D eigenvalue weighted by atomic mass is 35.5. The number of hydrogen-bond donors (Lipinski definition) is 1. The molecule has 0 spiro atoms. The Morgan fingerprint density at radius 3 is 3.05 bits per heavy atom. The predicted octanol–water partition coefficient (Wildman–Crippen LogP) is 3.17. The number of nitrogens with zero attached hydrogens (tertiary/aromatic N) is 1. The lowest BCUT2D eigenvalue weighted by atomic mass is 10.1. The van der Waals surface area contributed by atoms with Crippen molar-refractivity contribution in [1.29, 1.82) is 0 Å². The van der Waals surface area contributed by atoms with E-state index in [1.807, 2.05) is 12.1 Å². The molecule has 0 saturated carbocycles. The molecular formula is C15H23ClN2O. The van der Waals surface area contributed by atoms with E-state index < -0.39 is 0 Å². The van der Waals surface area contributed by atoms with Gasteiger partial charge in [-0.1, -0.05) is 18.5 Å². The minimum atomic E-state index is 0.673. The summed E-state index contributed by atoms with van der Waals surface area (Å²) >= 11 is 6.06. The van der Waals surface area contributed by atoms with E-state index in [2.05, 4.69) is 23.2 Å². The average Bonchev–Trinajstić information content (AvgIpc) is 2.88. The zero-order chi connectivity index (χ0) is 13.7. The highest BCUT2D eigenvalue weighted by Gasteiger charge is 2.22. The van der Waals surface area contributed by atoms with Gasteiger partial charge in [-0.25, -0.2) is 0 Å². The molecule has 0 aromatic heterocycles. The van der Waals surface area contributed by atoms with Crippen LogP contribution >= 0.6 is 11.6 Å². The van der Waals surface area contributed by atoms with Crippen LogP contribution in [0.4, 0.5) is 5.69 Å². The van der Waals surface area contributed by atoms with E-state index >= 15 is 0 Å². The standard InChI is InChI=1S/C15H23ClN2O/c1-3-7-17-10-12-6-8-18(11-12)13-4-5-14(16)15(9-13)19-2/h4-5,9,12,17H,3,6-8,10-11H2,1-2H3. The number of ether oxygens (including phenoxy) is 1. The molecule has 1 fully saturated rings. The smallest absolute Gasteiger partial charge is 0.139 e. The van der Waals surface area contributed by atoms with Crippen LogP contribution in [0.15, 0.2) is 18.2 Å². The summed E-state index contributed by atoms with van der Waals surface area (Å²) in [6.07, 6.45) is 2.45. The molecule has 1 N–H and O–H groups in total. The van der Waals surface area contributed by atoms with Crippen molar-refractivity contribution in [3.05, 3.63) is 23.2 Å². The number of methoxy groups -OCH3 is 1. The Bertz CT molecular complexity index is 411. The van der Waals surface area contributed by atoms with E-state index in [4.69, 9.17) is 16.3 Å². The zero-order valence-electron chi connectivity index (χ0n) is 11.8. The van der Waals surface area contributed by atoms with Crippen LogP contribution in [-0.2, 0) is 0 Å². The SMILES string of the molecule is CCCNCC1CCN(c2ccc(Cl)c(OC)c2)C1. The Labute approximate surface area is 120 Å². The summed E-state index contributed by atoms with van der Waals surface area (Å²) in [4.78, 5) is 2.41. The molecule has 1 aromatic carbocycles. The molecule has 4 heteroatoms. The van der Waals surface area contributed by atoms with Gasteiger partial charge in [0.05, 0.1) is 12.1 Å². The largest absolute Gasteiger partial charge is 0.495 e. The van der Waals surface area contributed by atoms with Crippen molar-refractivity contribution in [2.24, 2.45) is 5.92 Å². The summed E-state index contributed by atoms with van der Waals surface area (Å²) in [5, 5.41) is 4.18. The molecule has 1 atom stereocenters. The predicted molar refractivity (Wildman–Crippen MR) is 81.5 cm³/mol. The van der Waals surface area contributed by atoms with Gasteiger partial charge in [0.15, 0.2) is 0 Å². The number of halogens is 1. The first-order valence-corrected chi connectivity index (χ1v) is 7.41. The van der Waals surface area contributed by atoms with Crippen LogP contribution in [0, 0.1) is 5.92 Å². The summed E-state index contributed by atoms with van der Waals surface area (Å²) in [6, 6.07) is 6.02. The van der Waals surface area contributed by atoms with Gasteiger partial charge in [0, 0.05) is 24.8 Å². The molecule has 0 aliphatic carbocycles. The fraction of sp³-hybridized carbons (Fsp3) is 0.600. The number of benzene rings is 1. The molecule has 19 heavy (non-hydrogen) atoms. The third-order valence-corrected chi connectivity index (χ3v) is 3.96. The molecule has 106 valence electrons. The van der Waals surface area contributed by atoms with Gasteiger partial charge < -0.3 is 15.0 Å². The third-order valence-electron chi connectivity index (χ3n) is 3.65. The van der Waals surface area contributed by atoms with E-state index in [-0.39, 0.29) is 0 Å². The summed E-state index contributed by atoms with van der Waals surface area (Å²) in [6.45, 7) is 6.67. The quantitative estimate of drug-likeness (QED) is 0.811. The van der Waals surface area contributed by atoms with Crippen LogP contribution in [-0.4, -0.2) is 33.3 Å². The third kappa shape index (κ3) is 3.77. The van der Waals surface area contributed by atoms with Crippen LogP contribution in [0.25, 0.3) is 0 Å². The minimum absolute atomic E-state index is 0.673. The van der Waals surface area contributed by atoms with Gasteiger partial charge in [0.2, 0.25) is 0 Å². The second-order valence-corrected chi connectivity index (χ2v) is 5.53. The number of hydrogen-bond acceptors (Lipinski definition) is 3. The summed E-state index contributed by atoms with van der Waals surface area (Å²) in [7, 11) is 1.66. The van der Waals surface area contributed by atoms with Gasteiger partial charge in [-0.2, -0.15) is 0 Å². The van der Waals surface area contributed by atoms with Gasteiger partial charge in [0.1, 0.15) is 5.75 Å². The number of nitrogens with one attached hydrogen (secondary N) is 1. The molecule has 1 saturated heterocycles. The topological polar surface area (TPSA) is 24.5 Å². The monoisotopic (exact) mass is 282 g/mol. The highest BCUT2D eigenvalue weighted by Crippen LogP contribution is 2.31. The molecular weight excluding hydrogens is 260 g/mol. The van der Waals surface area contributed by atoms with E-state index in [0.717, 1.165) is 37.8 Å². The van der Waals surface area contributed by atoms with Crippen molar-refractivity contribution < 1.29 is 4.74 Å². The second-order valence-electron chi connectivity index (χ2n) is 5.12. The maximum Gasteiger partial charge on any atom is 0.139 e. The van der Waals surface area contributed by atoms with Crippen LogP contribution in [0.5, 0.6) is 5.75 Å². The van der Waals surface area contributed by atoms with Gasteiger partial charge in [0.25, 0.3) is 0 Å². The van der Waals surface area contributed by atoms with E-state index in [0.29, 0.717) is 5.02 Å². The van der Waals surface area contributed by atoms with E-state index in [1.165, 1.54) is 18.5 Å². The molecule has 1 aliphatic rings. The number of anilines is 1. The Morgan fingerprint density at radius 1 is 1.47 bits per heavy atom. The molecule has 1 unspecified atom stereocenters. The van der Waals surface area contributed by atoms with Crippen molar-refractivity contribution in [1.82, 2.24) is 5.32 Å². The Kier molecular flexibility index (Phi) is 5.34. The zero-order valence-corrected chi connectivity index (χ0v) is 12.5. The maximum absolute atomic E-state index is 6.06. The summed E-state index contributed by atoms with van der Waals surface area (Å²) in [5.74, 6) is 1.50. The van der Waals surface area contributed by atoms with Crippen molar-refractivity contribution in [3.63, 3.8) is 0 Å².